The zero-order chi connectivity index (χ0) is 19.0. The van der Waals surface area contributed by atoms with Gasteiger partial charge in [0.05, 0.1) is 16.5 Å². The Bertz CT molecular complexity index is 1220. The molecule has 27 heavy (non-hydrogen) atoms. The van der Waals surface area contributed by atoms with Gasteiger partial charge in [0.15, 0.2) is 5.43 Å². The summed E-state index contributed by atoms with van der Waals surface area (Å²) in [5.74, 6) is 0. The minimum absolute atomic E-state index is 0.0572. The number of nitrogens with one attached hydrogen (secondary N) is 1. The van der Waals surface area contributed by atoms with Crippen molar-refractivity contribution in [3.63, 3.8) is 0 Å². The van der Waals surface area contributed by atoms with Crippen LogP contribution in [0.5, 0.6) is 0 Å². The highest BCUT2D eigenvalue weighted by atomic mass is 19.4. The Morgan fingerprint density at radius 2 is 1.63 bits per heavy atom. The van der Waals surface area contributed by atoms with E-state index >= 15 is 0 Å². The molecule has 134 valence electrons. The molecule has 0 radical (unpaired) electrons. The van der Waals surface area contributed by atoms with Crippen LogP contribution in [-0.4, -0.2) is 4.98 Å². The Morgan fingerprint density at radius 1 is 0.852 bits per heavy atom. The van der Waals surface area contributed by atoms with Crippen LogP contribution in [0.4, 0.5) is 13.2 Å². The summed E-state index contributed by atoms with van der Waals surface area (Å²) in [7, 11) is 0. The van der Waals surface area contributed by atoms with Gasteiger partial charge < -0.3 is 4.98 Å². The van der Waals surface area contributed by atoms with Crippen molar-refractivity contribution in [1.29, 1.82) is 0 Å². The zero-order valence-corrected chi connectivity index (χ0v) is 14.0. The SMILES string of the molecule is O=c1cccc2ccc3c(/C=C/c4ccc(C(F)(F)F)cc4)cc[nH]c3c12. The van der Waals surface area contributed by atoms with E-state index in [4.69, 9.17) is 0 Å². The fourth-order valence-corrected chi connectivity index (χ4v) is 3.16. The molecule has 0 bridgehead atoms. The number of benzene rings is 3. The summed E-state index contributed by atoms with van der Waals surface area (Å²) in [5, 5.41) is 2.35. The lowest BCUT2D eigenvalue weighted by Gasteiger charge is -2.07. The molecular formula is C22H14F3NO. The first-order chi connectivity index (χ1) is 12.9. The van der Waals surface area contributed by atoms with E-state index in [0.717, 1.165) is 34.0 Å². The maximum atomic E-state index is 12.7. The van der Waals surface area contributed by atoms with Crippen molar-refractivity contribution in [3.05, 3.63) is 93.8 Å². The number of alkyl halides is 3. The highest BCUT2D eigenvalue weighted by Gasteiger charge is 2.29. The van der Waals surface area contributed by atoms with Crippen molar-refractivity contribution < 1.29 is 13.2 Å². The molecule has 3 aromatic carbocycles. The van der Waals surface area contributed by atoms with Crippen molar-refractivity contribution in [2.75, 3.05) is 0 Å². The van der Waals surface area contributed by atoms with Crippen molar-refractivity contribution >= 4 is 33.8 Å². The minimum atomic E-state index is -4.34. The first kappa shape index (κ1) is 17.1. The topological polar surface area (TPSA) is 32.9 Å². The molecule has 4 aromatic rings. The number of aromatic amines is 1. The number of rotatable bonds is 2. The van der Waals surface area contributed by atoms with Gasteiger partial charge in [-0.15, -0.1) is 0 Å². The zero-order valence-electron chi connectivity index (χ0n) is 14.0. The summed E-state index contributed by atoms with van der Waals surface area (Å²) >= 11 is 0. The van der Waals surface area contributed by atoms with Crippen LogP contribution in [0.3, 0.4) is 0 Å². The number of halogens is 3. The van der Waals surface area contributed by atoms with Crippen LogP contribution in [0.2, 0.25) is 0 Å². The quantitative estimate of drug-likeness (QED) is 0.443. The van der Waals surface area contributed by atoms with E-state index in [9.17, 15) is 18.0 Å². The van der Waals surface area contributed by atoms with Gasteiger partial charge in [-0.3, -0.25) is 4.79 Å². The van der Waals surface area contributed by atoms with Gasteiger partial charge in [0.2, 0.25) is 0 Å². The van der Waals surface area contributed by atoms with E-state index < -0.39 is 11.7 Å². The fraction of sp³-hybridized carbons (Fsp3) is 0.0455. The third-order valence-electron chi connectivity index (χ3n) is 4.50. The first-order valence-corrected chi connectivity index (χ1v) is 8.32. The Labute approximate surface area is 152 Å². The van der Waals surface area contributed by atoms with Gasteiger partial charge in [-0.2, -0.15) is 13.2 Å². The van der Waals surface area contributed by atoms with Crippen LogP contribution in [0.25, 0.3) is 33.8 Å². The fourth-order valence-electron chi connectivity index (χ4n) is 3.16. The van der Waals surface area contributed by atoms with Crippen molar-refractivity contribution in [2.45, 2.75) is 6.18 Å². The number of hydrogen-bond acceptors (Lipinski definition) is 1. The molecule has 2 nitrogen and oxygen atoms in total. The second kappa shape index (κ2) is 6.43. The lowest BCUT2D eigenvalue weighted by atomic mass is 10.0. The normalized spacial score (nSPS) is 12.3. The molecule has 1 aromatic heterocycles. The van der Waals surface area contributed by atoms with Gasteiger partial charge in [-0.25, -0.2) is 0 Å². The van der Waals surface area contributed by atoms with Crippen LogP contribution in [0, 0.1) is 0 Å². The predicted octanol–water partition coefficient (Wildman–Crippen LogP) is 5.87. The van der Waals surface area contributed by atoms with Crippen LogP contribution in [0.15, 0.2) is 71.7 Å². The molecule has 5 heteroatoms. The third kappa shape index (κ3) is 3.24. The van der Waals surface area contributed by atoms with Crippen LogP contribution >= 0.6 is 0 Å². The molecule has 0 fully saturated rings. The molecule has 1 N–H and O–H groups in total. The van der Waals surface area contributed by atoms with Crippen molar-refractivity contribution in [1.82, 2.24) is 4.98 Å². The predicted molar refractivity (Wildman–Crippen MR) is 102 cm³/mol. The highest BCUT2D eigenvalue weighted by molar-refractivity contribution is 6.07. The Hall–Kier alpha value is -3.34. The molecule has 0 amide bonds. The monoisotopic (exact) mass is 365 g/mol. The molecule has 0 saturated carbocycles. The van der Waals surface area contributed by atoms with E-state index in [2.05, 4.69) is 4.98 Å². The molecule has 0 atom stereocenters. The van der Waals surface area contributed by atoms with E-state index in [1.165, 1.54) is 18.2 Å². The van der Waals surface area contributed by atoms with Gasteiger partial charge in [-0.05, 0) is 40.8 Å². The molecular weight excluding hydrogens is 351 g/mol. The highest BCUT2D eigenvalue weighted by Crippen LogP contribution is 2.29. The molecule has 0 saturated heterocycles. The maximum Gasteiger partial charge on any atom is 0.416 e. The second-order valence-corrected chi connectivity index (χ2v) is 6.23. The first-order valence-electron chi connectivity index (χ1n) is 8.32. The maximum absolute atomic E-state index is 12.7. The van der Waals surface area contributed by atoms with E-state index in [1.807, 2.05) is 30.3 Å². The van der Waals surface area contributed by atoms with Gasteiger partial charge >= 0.3 is 6.18 Å². The van der Waals surface area contributed by atoms with Gasteiger partial charge in [0.1, 0.15) is 0 Å². The Kier molecular flexibility index (Phi) is 4.07. The minimum Gasteiger partial charge on any atom is -0.361 e. The van der Waals surface area contributed by atoms with Crippen LogP contribution in [0.1, 0.15) is 16.7 Å². The number of hydrogen-bond donors (Lipinski definition) is 1. The van der Waals surface area contributed by atoms with Crippen LogP contribution in [-0.2, 0) is 6.18 Å². The standard InChI is InChI=1S/C22H14F3NO/c23-22(24,25)17-9-5-14(6-10-17)4-7-15-12-13-26-21-18(15)11-8-16-2-1-3-19(27)20(16)21/h1-13,26H/b7-4+. The average molecular weight is 365 g/mol. The van der Waals surface area contributed by atoms with E-state index in [0.29, 0.717) is 10.9 Å². The largest absolute Gasteiger partial charge is 0.416 e. The molecule has 0 aliphatic carbocycles. The summed E-state index contributed by atoms with van der Waals surface area (Å²) in [6, 6.07) is 15.8. The van der Waals surface area contributed by atoms with Crippen molar-refractivity contribution in [2.24, 2.45) is 0 Å². The lowest BCUT2D eigenvalue weighted by Crippen LogP contribution is -2.03. The average Bonchev–Trinajstić information content (AvgIpc) is 2.65. The van der Waals surface area contributed by atoms with Gasteiger partial charge in [0.25, 0.3) is 0 Å². The number of H-pyrrole nitrogens is 1. The van der Waals surface area contributed by atoms with Crippen LogP contribution < -0.4 is 5.43 Å². The smallest absolute Gasteiger partial charge is 0.361 e. The van der Waals surface area contributed by atoms with E-state index in [1.54, 1.807) is 18.3 Å². The van der Waals surface area contributed by atoms with E-state index in [-0.39, 0.29) is 5.43 Å². The summed E-state index contributed by atoms with van der Waals surface area (Å²) in [6.45, 7) is 0. The number of aromatic nitrogens is 1. The Balaban J connectivity index is 1.77. The van der Waals surface area contributed by atoms with Crippen molar-refractivity contribution in [3.8, 4) is 0 Å². The molecule has 4 rings (SSSR count). The third-order valence-corrected chi connectivity index (χ3v) is 4.50. The summed E-state index contributed by atoms with van der Waals surface area (Å²) in [5.41, 5.74) is 1.54. The summed E-state index contributed by atoms with van der Waals surface area (Å²) in [6.07, 6.45) is 0.992. The molecule has 0 aliphatic heterocycles. The number of pyridine rings is 1. The lowest BCUT2D eigenvalue weighted by molar-refractivity contribution is -0.137. The van der Waals surface area contributed by atoms with Gasteiger partial charge in [-0.1, -0.05) is 48.6 Å². The summed E-state index contributed by atoms with van der Waals surface area (Å²) < 4.78 is 38.0. The molecule has 1 heterocycles. The summed E-state index contributed by atoms with van der Waals surface area (Å²) in [4.78, 5) is 15.4. The Morgan fingerprint density at radius 3 is 2.37 bits per heavy atom. The molecule has 0 aliphatic rings. The van der Waals surface area contributed by atoms with Gasteiger partial charge in [0, 0.05) is 11.6 Å². The molecule has 0 spiro atoms. The second-order valence-electron chi connectivity index (χ2n) is 6.23. The molecule has 0 unspecified atom stereocenters. The number of fused-ring (bicyclic) bond motifs is 3.